The molecule has 0 amide bonds. The van der Waals surface area contributed by atoms with E-state index in [9.17, 15) is 13.5 Å². The Bertz CT molecular complexity index is 920. The van der Waals surface area contributed by atoms with E-state index in [-0.39, 0.29) is 24.6 Å². The molecule has 1 fully saturated rings. The number of aliphatic hydroxyl groups excluding tert-OH is 1. The first-order valence-corrected chi connectivity index (χ1v) is 10.9. The van der Waals surface area contributed by atoms with E-state index in [1.807, 2.05) is 31.3 Å². The van der Waals surface area contributed by atoms with E-state index in [4.69, 9.17) is 0 Å². The minimum atomic E-state index is -3.60. The monoisotopic (exact) mass is 436 g/mol. The summed E-state index contributed by atoms with van der Waals surface area (Å²) < 4.78 is 29.1. The highest BCUT2D eigenvalue weighted by molar-refractivity contribution is 9.10. The standard InChI is InChI=1S/C19H21BrN2O3S/c1-21-17-8-7-13(20)11-16(17)19-15(18(21)12-23)9-10-22(19)26(24,25)14-5-3-2-4-6-14/h2-8,11,15,18-19,23H,9-10,12H2,1H3/t15-,18-,19-/m1/s1. The number of hydrogen-bond acceptors (Lipinski definition) is 4. The molecular formula is C19H21BrN2O3S. The molecule has 26 heavy (non-hydrogen) atoms. The first kappa shape index (κ1) is 18.0. The third-order valence-corrected chi connectivity index (χ3v) is 8.00. The highest BCUT2D eigenvalue weighted by Gasteiger charge is 2.50. The second-order valence-electron chi connectivity index (χ2n) is 6.89. The summed E-state index contributed by atoms with van der Waals surface area (Å²) in [5.74, 6) is 0.0605. The number of fused-ring (bicyclic) bond motifs is 3. The molecule has 4 rings (SSSR count). The zero-order chi connectivity index (χ0) is 18.5. The summed E-state index contributed by atoms with van der Waals surface area (Å²) in [6.07, 6.45) is 0.734. The summed E-state index contributed by atoms with van der Waals surface area (Å²) in [4.78, 5) is 2.40. The molecule has 3 atom stereocenters. The second-order valence-corrected chi connectivity index (χ2v) is 9.70. The molecule has 0 aromatic heterocycles. The van der Waals surface area contributed by atoms with Crippen molar-refractivity contribution in [3.63, 3.8) is 0 Å². The van der Waals surface area contributed by atoms with Crippen molar-refractivity contribution in [2.24, 2.45) is 5.92 Å². The van der Waals surface area contributed by atoms with Gasteiger partial charge in [0.2, 0.25) is 10.0 Å². The van der Waals surface area contributed by atoms with Gasteiger partial charge in [-0.25, -0.2) is 8.42 Å². The van der Waals surface area contributed by atoms with Gasteiger partial charge < -0.3 is 10.0 Å². The molecule has 1 N–H and O–H groups in total. The normalized spacial score (nSPS) is 25.8. The predicted octanol–water partition coefficient (Wildman–Crippen LogP) is 3.01. The number of aliphatic hydroxyl groups is 1. The van der Waals surface area contributed by atoms with Gasteiger partial charge in [-0.15, -0.1) is 0 Å². The molecule has 1 saturated heterocycles. The summed E-state index contributed by atoms with van der Waals surface area (Å²) in [6.45, 7) is 0.468. The molecule has 7 heteroatoms. The van der Waals surface area contributed by atoms with Crippen LogP contribution in [0.4, 0.5) is 5.69 Å². The summed E-state index contributed by atoms with van der Waals surface area (Å²) in [5.41, 5.74) is 1.97. The molecule has 0 radical (unpaired) electrons. The van der Waals surface area contributed by atoms with Crippen LogP contribution >= 0.6 is 15.9 Å². The fraction of sp³-hybridized carbons (Fsp3) is 0.368. The zero-order valence-corrected chi connectivity index (χ0v) is 16.8. The van der Waals surface area contributed by atoms with Gasteiger partial charge in [-0.05, 0) is 42.3 Å². The number of nitrogens with zero attached hydrogens (tertiary/aromatic N) is 2. The van der Waals surface area contributed by atoms with Gasteiger partial charge in [-0.2, -0.15) is 4.31 Å². The number of hydrogen-bond donors (Lipinski definition) is 1. The zero-order valence-electron chi connectivity index (χ0n) is 14.4. The van der Waals surface area contributed by atoms with E-state index in [2.05, 4.69) is 20.8 Å². The van der Waals surface area contributed by atoms with Crippen LogP contribution in [0, 0.1) is 5.92 Å². The average molecular weight is 437 g/mol. The van der Waals surface area contributed by atoms with Crippen LogP contribution in [0.5, 0.6) is 0 Å². The molecular weight excluding hydrogens is 416 g/mol. The molecule has 2 aliphatic heterocycles. The van der Waals surface area contributed by atoms with Crippen LogP contribution in [0.3, 0.4) is 0 Å². The largest absolute Gasteiger partial charge is 0.394 e. The van der Waals surface area contributed by atoms with Crippen LogP contribution in [-0.4, -0.2) is 44.1 Å². The first-order valence-electron chi connectivity index (χ1n) is 8.65. The smallest absolute Gasteiger partial charge is 0.243 e. The van der Waals surface area contributed by atoms with Gasteiger partial charge in [0.25, 0.3) is 0 Å². The highest BCUT2D eigenvalue weighted by atomic mass is 79.9. The molecule has 2 aromatic rings. The third-order valence-electron chi connectivity index (χ3n) is 5.62. The van der Waals surface area contributed by atoms with Crippen molar-refractivity contribution in [2.75, 3.05) is 25.1 Å². The first-order chi connectivity index (χ1) is 12.4. The van der Waals surface area contributed by atoms with Crippen molar-refractivity contribution < 1.29 is 13.5 Å². The lowest BCUT2D eigenvalue weighted by molar-refractivity contribution is 0.193. The van der Waals surface area contributed by atoms with Gasteiger partial charge in [-0.3, -0.25) is 0 Å². The van der Waals surface area contributed by atoms with Crippen molar-refractivity contribution in [1.82, 2.24) is 4.31 Å². The van der Waals surface area contributed by atoms with Gasteiger partial charge >= 0.3 is 0 Å². The second kappa shape index (κ2) is 6.64. The quantitative estimate of drug-likeness (QED) is 0.802. The number of halogens is 1. The van der Waals surface area contributed by atoms with E-state index >= 15 is 0 Å². The number of rotatable bonds is 3. The fourth-order valence-electron chi connectivity index (χ4n) is 4.38. The van der Waals surface area contributed by atoms with Gasteiger partial charge in [0, 0.05) is 29.7 Å². The van der Waals surface area contributed by atoms with Crippen molar-refractivity contribution in [2.45, 2.75) is 23.4 Å². The van der Waals surface area contributed by atoms with E-state index in [0.29, 0.717) is 11.4 Å². The predicted molar refractivity (Wildman–Crippen MR) is 105 cm³/mol. The SMILES string of the molecule is CN1c2ccc(Br)cc2[C@H]2[C@H](CCN2S(=O)(=O)c2ccccc2)[C@H]1CO. The Kier molecular flexibility index (Phi) is 4.59. The Morgan fingerprint density at radius 1 is 1.19 bits per heavy atom. The lowest BCUT2D eigenvalue weighted by Crippen LogP contribution is -2.48. The van der Waals surface area contributed by atoms with Crippen LogP contribution < -0.4 is 4.90 Å². The van der Waals surface area contributed by atoms with Crippen molar-refractivity contribution >= 4 is 31.6 Å². The maximum atomic E-state index is 13.3. The molecule has 2 aromatic carbocycles. The lowest BCUT2D eigenvalue weighted by Gasteiger charge is -2.44. The Balaban J connectivity index is 1.85. The highest BCUT2D eigenvalue weighted by Crippen LogP contribution is 2.50. The Morgan fingerprint density at radius 3 is 2.62 bits per heavy atom. The summed E-state index contributed by atoms with van der Waals surface area (Å²) >= 11 is 3.52. The lowest BCUT2D eigenvalue weighted by atomic mass is 9.82. The molecule has 138 valence electrons. The maximum Gasteiger partial charge on any atom is 0.243 e. The fourth-order valence-corrected chi connectivity index (χ4v) is 6.45. The summed E-state index contributed by atoms with van der Waals surface area (Å²) in [5, 5.41) is 9.98. The molecule has 5 nitrogen and oxygen atoms in total. The third kappa shape index (κ3) is 2.69. The van der Waals surface area contributed by atoms with Crippen LogP contribution in [0.1, 0.15) is 18.0 Å². The van der Waals surface area contributed by atoms with E-state index in [1.165, 1.54) is 0 Å². The van der Waals surface area contributed by atoms with Gasteiger partial charge in [0.15, 0.2) is 0 Å². The van der Waals surface area contributed by atoms with Gasteiger partial charge in [0.1, 0.15) is 0 Å². The number of anilines is 1. The van der Waals surface area contributed by atoms with Crippen molar-refractivity contribution in [1.29, 1.82) is 0 Å². The van der Waals surface area contributed by atoms with Crippen LogP contribution in [0.2, 0.25) is 0 Å². The maximum absolute atomic E-state index is 13.3. The van der Waals surface area contributed by atoms with Crippen LogP contribution in [0.15, 0.2) is 57.9 Å². The summed E-state index contributed by atoms with van der Waals surface area (Å²) in [7, 11) is -1.63. The molecule has 0 unspecified atom stereocenters. The molecule has 2 aliphatic rings. The van der Waals surface area contributed by atoms with Gasteiger partial charge in [0.05, 0.1) is 23.6 Å². The molecule has 0 bridgehead atoms. The van der Waals surface area contributed by atoms with Gasteiger partial charge in [-0.1, -0.05) is 34.1 Å². The number of sulfonamides is 1. The molecule has 0 saturated carbocycles. The average Bonchev–Trinajstić information content (AvgIpc) is 3.08. The number of benzene rings is 2. The van der Waals surface area contributed by atoms with Crippen molar-refractivity contribution in [3.05, 3.63) is 58.6 Å². The Labute approximate surface area is 162 Å². The molecule has 0 aliphatic carbocycles. The summed E-state index contributed by atoms with van der Waals surface area (Å²) in [6, 6.07) is 14.2. The van der Waals surface area contributed by atoms with Crippen molar-refractivity contribution in [3.8, 4) is 0 Å². The minimum absolute atomic E-state index is 0.00634. The minimum Gasteiger partial charge on any atom is -0.394 e. The Morgan fingerprint density at radius 2 is 1.92 bits per heavy atom. The van der Waals surface area contributed by atoms with E-state index < -0.39 is 10.0 Å². The van der Waals surface area contributed by atoms with E-state index in [0.717, 1.165) is 22.1 Å². The molecule has 2 heterocycles. The molecule has 0 spiro atoms. The Hall–Kier alpha value is -1.41. The van der Waals surface area contributed by atoms with E-state index in [1.54, 1.807) is 28.6 Å². The van der Waals surface area contributed by atoms with Crippen LogP contribution in [-0.2, 0) is 10.0 Å². The topological polar surface area (TPSA) is 60.9 Å². The number of likely N-dealkylation sites (N-methyl/N-ethyl adjacent to an activating group) is 1. The van der Waals surface area contributed by atoms with Crippen LogP contribution in [0.25, 0.3) is 0 Å².